The second-order valence-corrected chi connectivity index (χ2v) is 5.68. The lowest BCUT2D eigenvalue weighted by atomic mass is 10.0. The standard InChI is InChI=1S/C11H15N3O2S/c1-7-13-8(6-17-7)5-14-9(15)4-12-11(2,3)10(14)16/h6,12H,4-5H2,1-3H3. The molecule has 1 fully saturated rings. The normalized spacial score (nSPS) is 19.8. The number of aromatic nitrogens is 1. The molecule has 0 saturated carbocycles. The van der Waals surface area contributed by atoms with Crippen molar-refractivity contribution < 1.29 is 9.59 Å². The van der Waals surface area contributed by atoms with E-state index in [4.69, 9.17) is 0 Å². The first kappa shape index (κ1) is 12.2. The Morgan fingerprint density at radius 3 is 2.82 bits per heavy atom. The molecule has 2 amide bonds. The third-order valence-corrected chi connectivity index (χ3v) is 3.57. The van der Waals surface area contributed by atoms with E-state index in [9.17, 15) is 9.59 Å². The van der Waals surface area contributed by atoms with Crippen molar-refractivity contribution in [2.45, 2.75) is 32.9 Å². The Kier molecular flexibility index (Phi) is 3.01. The molecular formula is C11H15N3O2S. The van der Waals surface area contributed by atoms with Gasteiger partial charge in [0.1, 0.15) is 0 Å². The van der Waals surface area contributed by atoms with Crippen LogP contribution in [0.5, 0.6) is 0 Å². The molecular weight excluding hydrogens is 238 g/mol. The molecule has 0 bridgehead atoms. The first-order valence-electron chi connectivity index (χ1n) is 5.41. The number of nitrogens with one attached hydrogen (secondary N) is 1. The molecule has 17 heavy (non-hydrogen) atoms. The average Bonchev–Trinajstić information content (AvgIpc) is 2.66. The van der Waals surface area contributed by atoms with Crippen molar-refractivity contribution in [1.29, 1.82) is 0 Å². The van der Waals surface area contributed by atoms with Gasteiger partial charge in [0.15, 0.2) is 0 Å². The molecule has 0 aromatic carbocycles. The Morgan fingerprint density at radius 1 is 1.53 bits per heavy atom. The van der Waals surface area contributed by atoms with Gasteiger partial charge in [-0.05, 0) is 20.8 Å². The van der Waals surface area contributed by atoms with Gasteiger partial charge in [0, 0.05) is 5.38 Å². The third kappa shape index (κ3) is 2.37. The van der Waals surface area contributed by atoms with Crippen molar-refractivity contribution in [3.63, 3.8) is 0 Å². The number of rotatable bonds is 2. The molecule has 0 unspecified atom stereocenters. The molecule has 1 aromatic rings. The van der Waals surface area contributed by atoms with E-state index in [0.29, 0.717) is 0 Å². The number of imide groups is 1. The number of amides is 2. The quantitative estimate of drug-likeness (QED) is 0.788. The fourth-order valence-electron chi connectivity index (χ4n) is 1.72. The molecule has 0 radical (unpaired) electrons. The highest BCUT2D eigenvalue weighted by Gasteiger charge is 2.39. The summed E-state index contributed by atoms with van der Waals surface area (Å²) in [6.07, 6.45) is 0. The van der Waals surface area contributed by atoms with Crippen LogP contribution in [0.2, 0.25) is 0 Å². The maximum absolute atomic E-state index is 12.1. The molecule has 6 heteroatoms. The Morgan fingerprint density at radius 2 is 2.24 bits per heavy atom. The van der Waals surface area contributed by atoms with Crippen LogP contribution in [0.4, 0.5) is 0 Å². The summed E-state index contributed by atoms with van der Waals surface area (Å²) in [5.41, 5.74) is 0.0887. The van der Waals surface area contributed by atoms with Gasteiger partial charge < -0.3 is 0 Å². The van der Waals surface area contributed by atoms with Crippen LogP contribution in [0.3, 0.4) is 0 Å². The van der Waals surface area contributed by atoms with Gasteiger partial charge in [0.05, 0.1) is 29.3 Å². The maximum Gasteiger partial charge on any atom is 0.249 e. The minimum absolute atomic E-state index is 0.194. The van der Waals surface area contributed by atoms with E-state index in [1.165, 1.54) is 16.2 Å². The number of aryl methyl sites for hydroxylation is 1. The number of thiazole rings is 1. The van der Waals surface area contributed by atoms with Gasteiger partial charge in [-0.1, -0.05) is 0 Å². The molecule has 5 nitrogen and oxygen atoms in total. The molecule has 1 N–H and O–H groups in total. The van der Waals surface area contributed by atoms with E-state index in [-0.39, 0.29) is 24.9 Å². The van der Waals surface area contributed by atoms with Crippen molar-refractivity contribution in [3.05, 3.63) is 16.1 Å². The van der Waals surface area contributed by atoms with Crippen molar-refractivity contribution >= 4 is 23.2 Å². The van der Waals surface area contributed by atoms with Crippen molar-refractivity contribution in [3.8, 4) is 0 Å². The lowest BCUT2D eigenvalue weighted by molar-refractivity contribution is -0.153. The first-order chi connectivity index (χ1) is 7.90. The molecule has 1 aliphatic heterocycles. The van der Waals surface area contributed by atoms with E-state index in [0.717, 1.165) is 10.7 Å². The van der Waals surface area contributed by atoms with E-state index < -0.39 is 5.54 Å². The molecule has 1 saturated heterocycles. The van der Waals surface area contributed by atoms with E-state index in [1.807, 2.05) is 12.3 Å². The lowest BCUT2D eigenvalue weighted by Gasteiger charge is -2.36. The highest BCUT2D eigenvalue weighted by Crippen LogP contribution is 2.17. The van der Waals surface area contributed by atoms with Crippen LogP contribution in [0.25, 0.3) is 0 Å². The lowest BCUT2D eigenvalue weighted by Crippen LogP contribution is -2.63. The molecule has 2 heterocycles. The molecule has 0 aliphatic carbocycles. The Labute approximate surface area is 104 Å². The summed E-state index contributed by atoms with van der Waals surface area (Å²) in [5, 5.41) is 5.74. The van der Waals surface area contributed by atoms with E-state index >= 15 is 0 Å². The van der Waals surface area contributed by atoms with Gasteiger partial charge in [-0.3, -0.25) is 19.8 Å². The summed E-state index contributed by atoms with van der Waals surface area (Å²) in [6, 6.07) is 0. The number of hydrogen-bond acceptors (Lipinski definition) is 5. The summed E-state index contributed by atoms with van der Waals surface area (Å²) in [4.78, 5) is 29.4. The van der Waals surface area contributed by atoms with E-state index in [2.05, 4.69) is 10.3 Å². The maximum atomic E-state index is 12.1. The minimum atomic E-state index is -0.682. The zero-order valence-corrected chi connectivity index (χ0v) is 10.9. The van der Waals surface area contributed by atoms with E-state index in [1.54, 1.807) is 13.8 Å². The van der Waals surface area contributed by atoms with Crippen LogP contribution in [-0.4, -0.2) is 33.8 Å². The van der Waals surface area contributed by atoms with Crippen LogP contribution in [0.1, 0.15) is 24.5 Å². The van der Waals surface area contributed by atoms with Crippen LogP contribution >= 0.6 is 11.3 Å². The number of carbonyl (C=O) groups excluding carboxylic acids is 2. The minimum Gasteiger partial charge on any atom is -0.295 e. The van der Waals surface area contributed by atoms with Crippen molar-refractivity contribution in [2.24, 2.45) is 0 Å². The third-order valence-electron chi connectivity index (χ3n) is 2.75. The highest BCUT2D eigenvalue weighted by molar-refractivity contribution is 7.09. The molecule has 0 atom stereocenters. The van der Waals surface area contributed by atoms with Gasteiger partial charge in [-0.2, -0.15) is 0 Å². The zero-order valence-electron chi connectivity index (χ0n) is 10.1. The van der Waals surface area contributed by atoms with Crippen molar-refractivity contribution in [2.75, 3.05) is 6.54 Å². The molecule has 2 rings (SSSR count). The zero-order chi connectivity index (χ0) is 12.6. The van der Waals surface area contributed by atoms with Gasteiger partial charge in [-0.25, -0.2) is 4.98 Å². The monoisotopic (exact) mass is 253 g/mol. The number of piperazine rings is 1. The first-order valence-corrected chi connectivity index (χ1v) is 6.29. The second kappa shape index (κ2) is 4.19. The molecule has 1 aliphatic rings. The summed E-state index contributed by atoms with van der Waals surface area (Å²) in [5.74, 6) is -0.389. The van der Waals surface area contributed by atoms with Crippen molar-refractivity contribution in [1.82, 2.24) is 15.2 Å². The predicted molar refractivity (Wildman–Crippen MR) is 64.5 cm³/mol. The van der Waals surface area contributed by atoms with Gasteiger partial charge in [0.25, 0.3) is 0 Å². The fraction of sp³-hybridized carbons (Fsp3) is 0.545. The largest absolute Gasteiger partial charge is 0.295 e. The Balaban J connectivity index is 2.18. The summed E-state index contributed by atoms with van der Waals surface area (Å²) in [7, 11) is 0. The number of hydrogen-bond donors (Lipinski definition) is 1. The van der Waals surface area contributed by atoms with Gasteiger partial charge in [-0.15, -0.1) is 11.3 Å². The Bertz CT molecular complexity index is 467. The average molecular weight is 253 g/mol. The van der Waals surface area contributed by atoms with Crippen LogP contribution < -0.4 is 5.32 Å². The molecule has 0 spiro atoms. The Hall–Kier alpha value is -1.27. The molecule has 92 valence electrons. The van der Waals surface area contributed by atoms with Gasteiger partial charge >= 0.3 is 0 Å². The second-order valence-electron chi connectivity index (χ2n) is 4.62. The summed E-state index contributed by atoms with van der Waals surface area (Å²) < 4.78 is 0. The van der Waals surface area contributed by atoms with Crippen LogP contribution in [0, 0.1) is 6.92 Å². The predicted octanol–water partition coefficient (Wildman–Crippen LogP) is 0.689. The SMILES string of the molecule is Cc1nc(CN2C(=O)CNC(C)(C)C2=O)cs1. The molecule has 1 aromatic heterocycles. The highest BCUT2D eigenvalue weighted by atomic mass is 32.1. The summed E-state index contributed by atoms with van der Waals surface area (Å²) in [6.45, 7) is 5.93. The fourth-order valence-corrected chi connectivity index (χ4v) is 2.32. The van der Waals surface area contributed by atoms with Crippen LogP contribution in [-0.2, 0) is 16.1 Å². The number of carbonyl (C=O) groups is 2. The number of nitrogens with zero attached hydrogens (tertiary/aromatic N) is 2. The topological polar surface area (TPSA) is 62.3 Å². The van der Waals surface area contributed by atoms with Gasteiger partial charge in [0.2, 0.25) is 11.8 Å². The summed E-state index contributed by atoms with van der Waals surface area (Å²) >= 11 is 1.52. The smallest absolute Gasteiger partial charge is 0.249 e. The van der Waals surface area contributed by atoms with Crippen LogP contribution in [0.15, 0.2) is 5.38 Å².